The molecule has 6 nitrogen and oxygen atoms in total. The Morgan fingerprint density at radius 3 is 1.24 bits per heavy atom. The van der Waals surface area contributed by atoms with Gasteiger partial charge in [-0.1, -0.05) is 12.1 Å². The molecular weight excluding hydrogens is 428 g/mol. The molecule has 0 saturated heterocycles. The molecule has 34 heavy (non-hydrogen) atoms. The van der Waals surface area contributed by atoms with Crippen molar-refractivity contribution >= 4 is 23.3 Å². The van der Waals surface area contributed by atoms with Crippen LogP contribution in [0.2, 0.25) is 0 Å². The summed E-state index contributed by atoms with van der Waals surface area (Å²) >= 11 is 0. The third-order valence-electron chi connectivity index (χ3n) is 6.45. The molecule has 0 bridgehead atoms. The number of hydrogen-bond acceptors (Lipinski definition) is 6. The number of benzene rings is 3. The second kappa shape index (κ2) is 9.21. The summed E-state index contributed by atoms with van der Waals surface area (Å²) in [6.07, 6.45) is 0. The SMILES string of the molecule is CCOC(=O)c1ccc(N2Cc3cc4c(cc3C2)CN(c2ccc(C(=O)OCC)cc2)C4)cc1. The largest absolute Gasteiger partial charge is 0.462 e. The highest BCUT2D eigenvalue weighted by molar-refractivity contribution is 5.90. The van der Waals surface area contributed by atoms with Crippen LogP contribution in [0.25, 0.3) is 0 Å². The Kier molecular flexibility index (Phi) is 5.97. The number of anilines is 2. The summed E-state index contributed by atoms with van der Waals surface area (Å²) < 4.78 is 10.2. The summed E-state index contributed by atoms with van der Waals surface area (Å²) in [6, 6.07) is 20.0. The van der Waals surface area contributed by atoms with E-state index in [9.17, 15) is 9.59 Å². The molecule has 3 aromatic carbocycles. The van der Waals surface area contributed by atoms with E-state index in [4.69, 9.17) is 9.47 Å². The van der Waals surface area contributed by atoms with Gasteiger partial charge in [0, 0.05) is 37.6 Å². The summed E-state index contributed by atoms with van der Waals surface area (Å²) in [7, 11) is 0. The van der Waals surface area contributed by atoms with Crippen LogP contribution in [0.5, 0.6) is 0 Å². The van der Waals surface area contributed by atoms with E-state index < -0.39 is 0 Å². The fraction of sp³-hybridized carbons (Fsp3) is 0.286. The molecule has 0 radical (unpaired) electrons. The molecule has 0 spiro atoms. The summed E-state index contributed by atoms with van der Waals surface area (Å²) in [6.45, 7) is 7.81. The van der Waals surface area contributed by atoms with Crippen molar-refractivity contribution in [3.05, 3.63) is 94.0 Å². The van der Waals surface area contributed by atoms with Gasteiger partial charge in [-0.2, -0.15) is 0 Å². The normalized spacial score (nSPS) is 14.1. The van der Waals surface area contributed by atoms with Gasteiger partial charge in [0.15, 0.2) is 0 Å². The van der Waals surface area contributed by atoms with Gasteiger partial charge in [0.05, 0.1) is 24.3 Å². The Morgan fingerprint density at radius 2 is 0.941 bits per heavy atom. The molecule has 2 aliphatic heterocycles. The Morgan fingerprint density at radius 1 is 0.618 bits per heavy atom. The van der Waals surface area contributed by atoms with Gasteiger partial charge in [-0.3, -0.25) is 0 Å². The number of carbonyl (C=O) groups is 2. The highest BCUT2D eigenvalue weighted by Gasteiger charge is 2.26. The first kappa shape index (κ1) is 22.0. The molecule has 0 fully saturated rings. The number of nitrogens with zero attached hydrogens (tertiary/aromatic N) is 2. The van der Waals surface area contributed by atoms with E-state index in [-0.39, 0.29) is 11.9 Å². The molecule has 0 atom stereocenters. The first-order valence-corrected chi connectivity index (χ1v) is 11.7. The van der Waals surface area contributed by atoms with Crippen LogP contribution in [0.15, 0.2) is 60.7 Å². The quantitative estimate of drug-likeness (QED) is 0.482. The van der Waals surface area contributed by atoms with Crippen molar-refractivity contribution < 1.29 is 19.1 Å². The number of rotatable bonds is 6. The Hall–Kier alpha value is -3.80. The molecule has 0 amide bonds. The predicted molar refractivity (Wildman–Crippen MR) is 131 cm³/mol. The van der Waals surface area contributed by atoms with Gasteiger partial charge in [0.25, 0.3) is 0 Å². The van der Waals surface area contributed by atoms with E-state index in [1.165, 1.54) is 22.3 Å². The fourth-order valence-corrected chi connectivity index (χ4v) is 4.73. The lowest BCUT2D eigenvalue weighted by atomic mass is 10.0. The van der Waals surface area contributed by atoms with Crippen molar-refractivity contribution in [2.24, 2.45) is 0 Å². The lowest BCUT2D eigenvalue weighted by Gasteiger charge is -2.18. The van der Waals surface area contributed by atoms with Gasteiger partial charge in [-0.05, 0) is 84.6 Å². The maximum absolute atomic E-state index is 11.9. The van der Waals surface area contributed by atoms with E-state index in [0.29, 0.717) is 24.3 Å². The molecule has 0 unspecified atom stereocenters. The van der Waals surface area contributed by atoms with Crippen molar-refractivity contribution in [1.29, 1.82) is 0 Å². The van der Waals surface area contributed by atoms with Crippen molar-refractivity contribution in [3.8, 4) is 0 Å². The predicted octanol–water partition coefficient (Wildman–Crippen LogP) is 5.08. The molecule has 6 heteroatoms. The van der Waals surface area contributed by atoms with Crippen LogP contribution in [0.4, 0.5) is 11.4 Å². The van der Waals surface area contributed by atoms with Crippen LogP contribution in [0, 0.1) is 0 Å². The highest BCUT2D eigenvalue weighted by atomic mass is 16.5. The monoisotopic (exact) mass is 456 g/mol. The zero-order valence-electron chi connectivity index (χ0n) is 19.5. The maximum Gasteiger partial charge on any atom is 0.338 e. The van der Waals surface area contributed by atoms with E-state index in [0.717, 1.165) is 37.6 Å². The first-order chi connectivity index (χ1) is 16.6. The summed E-state index contributed by atoms with van der Waals surface area (Å²) in [5.41, 5.74) is 8.79. The zero-order chi connectivity index (χ0) is 23.7. The zero-order valence-corrected chi connectivity index (χ0v) is 19.5. The Bertz CT molecular complexity index is 1090. The maximum atomic E-state index is 11.9. The van der Waals surface area contributed by atoms with E-state index >= 15 is 0 Å². The van der Waals surface area contributed by atoms with Crippen molar-refractivity contribution in [1.82, 2.24) is 0 Å². The molecule has 174 valence electrons. The molecule has 0 aromatic heterocycles. The van der Waals surface area contributed by atoms with Gasteiger partial charge in [0.1, 0.15) is 0 Å². The average molecular weight is 457 g/mol. The molecule has 0 saturated carbocycles. The first-order valence-electron chi connectivity index (χ1n) is 11.7. The molecule has 0 N–H and O–H groups in total. The van der Waals surface area contributed by atoms with Crippen LogP contribution in [0.3, 0.4) is 0 Å². The van der Waals surface area contributed by atoms with Crippen LogP contribution in [-0.2, 0) is 35.7 Å². The molecule has 3 aromatic rings. The summed E-state index contributed by atoms with van der Waals surface area (Å²) in [5.74, 6) is -0.564. The number of hydrogen-bond donors (Lipinski definition) is 0. The number of carbonyl (C=O) groups excluding carboxylic acids is 2. The number of fused-ring (bicyclic) bond motifs is 2. The van der Waals surface area contributed by atoms with Crippen LogP contribution in [0.1, 0.15) is 56.8 Å². The minimum absolute atomic E-state index is 0.282. The molecule has 2 aliphatic rings. The molecule has 0 aliphatic carbocycles. The second-order valence-electron chi connectivity index (χ2n) is 8.64. The minimum atomic E-state index is -0.282. The van der Waals surface area contributed by atoms with Crippen LogP contribution in [-0.4, -0.2) is 25.2 Å². The van der Waals surface area contributed by atoms with Gasteiger partial charge in [-0.25, -0.2) is 9.59 Å². The number of esters is 2. The standard InChI is InChI=1S/C28H28N2O4/c1-3-33-27(31)19-5-9-25(10-6-19)29-15-21-13-23-17-30(18-24(23)14-22(21)16-29)26-11-7-20(8-12-26)28(32)34-4-2/h5-14H,3-4,15-18H2,1-2H3. The van der Waals surface area contributed by atoms with Crippen molar-refractivity contribution in [2.45, 2.75) is 40.0 Å². The van der Waals surface area contributed by atoms with Crippen LogP contribution < -0.4 is 9.80 Å². The minimum Gasteiger partial charge on any atom is -0.462 e. The van der Waals surface area contributed by atoms with E-state index in [1.807, 2.05) is 62.4 Å². The number of ether oxygens (including phenoxy) is 2. The van der Waals surface area contributed by atoms with E-state index in [1.54, 1.807) is 0 Å². The Balaban J connectivity index is 1.26. The highest BCUT2D eigenvalue weighted by Crippen LogP contribution is 2.35. The van der Waals surface area contributed by atoms with Gasteiger partial charge >= 0.3 is 11.9 Å². The third-order valence-corrected chi connectivity index (χ3v) is 6.45. The lowest BCUT2D eigenvalue weighted by Crippen LogP contribution is -2.15. The lowest BCUT2D eigenvalue weighted by molar-refractivity contribution is 0.0517. The van der Waals surface area contributed by atoms with Gasteiger partial charge in [-0.15, -0.1) is 0 Å². The third kappa shape index (κ3) is 4.23. The van der Waals surface area contributed by atoms with Crippen molar-refractivity contribution in [2.75, 3.05) is 23.0 Å². The molecular formula is C28H28N2O4. The summed E-state index contributed by atoms with van der Waals surface area (Å²) in [4.78, 5) is 28.5. The van der Waals surface area contributed by atoms with Gasteiger partial charge < -0.3 is 19.3 Å². The fourth-order valence-electron chi connectivity index (χ4n) is 4.73. The molecule has 2 heterocycles. The topological polar surface area (TPSA) is 59.1 Å². The van der Waals surface area contributed by atoms with Crippen LogP contribution >= 0.6 is 0 Å². The summed E-state index contributed by atoms with van der Waals surface area (Å²) in [5, 5.41) is 0. The smallest absolute Gasteiger partial charge is 0.338 e. The molecule has 5 rings (SSSR count). The second-order valence-corrected chi connectivity index (χ2v) is 8.64. The Labute approximate surface area is 199 Å². The van der Waals surface area contributed by atoms with Gasteiger partial charge in [0.2, 0.25) is 0 Å². The average Bonchev–Trinajstić information content (AvgIpc) is 3.46. The van der Waals surface area contributed by atoms with E-state index in [2.05, 4.69) is 21.9 Å². The van der Waals surface area contributed by atoms with Crippen molar-refractivity contribution in [3.63, 3.8) is 0 Å².